The van der Waals surface area contributed by atoms with Gasteiger partial charge in [-0.2, -0.15) is 0 Å². The second kappa shape index (κ2) is 7.07. The van der Waals surface area contributed by atoms with Crippen molar-refractivity contribution in [1.82, 2.24) is 15.2 Å². The van der Waals surface area contributed by atoms with Gasteiger partial charge in [0, 0.05) is 23.6 Å². The number of hydrogen-bond acceptors (Lipinski definition) is 8. The Bertz CT molecular complexity index is 630. The predicted octanol–water partition coefficient (Wildman–Crippen LogP) is 2.25. The van der Waals surface area contributed by atoms with Crippen LogP contribution in [0.15, 0.2) is 21.8 Å². The highest BCUT2D eigenvalue weighted by Crippen LogP contribution is 2.23. The first-order valence-electron chi connectivity index (χ1n) is 6.27. The Morgan fingerprint density at radius 2 is 2.19 bits per heavy atom. The summed E-state index contributed by atoms with van der Waals surface area (Å²) in [5.74, 6) is 0.514. The second-order valence-corrected chi connectivity index (χ2v) is 4.95. The van der Waals surface area contributed by atoms with Crippen molar-refractivity contribution in [3.8, 4) is 5.75 Å². The first-order valence-corrected chi connectivity index (χ1v) is 7.26. The second-order valence-electron chi connectivity index (χ2n) is 4.02. The fraction of sp³-hybridized carbons (Fsp3) is 0.385. The number of methoxy groups -OCH3 is 1. The lowest BCUT2D eigenvalue weighted by Crippen LogP contribution is -2.04. The summed E-state index contributed by atoms with van der Waals surface area (Å²) in [4.78, 5) is 15.8. The molecule has 0 aliphatic carbocycles. The van der Waals surface area contributed by atoms with Gasteiger partial charge in [-0.15, -0.1) is 5.10 Å². The van der Waals surface area contributed by atoms with Crippen LogP contribution in [0.3, 0.4) is 0 Å². The van der Waals surface area contributed by atoms with Crippen molar-refractivity contribution < 1.29 is 18.7 Å². The molecule has 0 radical (unpaired) electrons. The third-order valence-corrected chi connectivity index (χ3v) is 3.27. The predicted molar refractivity (Wildman–Crippen MR) is 75.3 cm³/mol. The largest absolute Gasteiger partial charge is 0.497 e. The number of rotatable bonds is 6. The minimum absolute atomic E-state index is 0.144. The van der Waals surface area contributed by atoms with Crippen molar-refractivity contribution in [2.75, 3.05) is 13.7 Å². The van der Waals surface area contributed by atoms with Gasteiger partial charge in [-0.3, -0.25) is 4.98 Å². The van der Waals surface area contributed by atoms with E-state index in [9.17, 15) is 4.79 Å². The van der Waals surface area contributed by atoms with Crippen LogP contribution < -0.4 is 4.74 Å². The van der Waals surface area contributed by atoms with Crippen LogP contribution in [-0.4, -0.2) is 34.9 Å². The molecule has 0 aliphatic rings. The van der Waals surface area contributed by atoms with E-state index in [0.29, 0.717) is 11.0 Å². The van der Waals surface area contributed by atoms with E-state index in [1.807, 2.05) is 19.1 Å². The van der Waals surface area contributed by atoms with Crippen molar-refractivity contribution in [3.05, 3.63) is 29.4 Å². The minimum Gasteiger partial charge on any atom is -0.497 e. The minimum atomic E-state index is -0.618. The average Bonchev–Trinajstić information content (AvgIpc) is 2.94. The molecule has 0 amide bonds. The van der Waals surface area contributed by atoms with E-state index >= 15 is 0 Å². The molecule has 0 atom stereocenters. The zero-order valence-corrected chi connectivity index (χ0v) is 12.8. The number of pyridine rings is 1. The lowest BCUT2D eigenvalue weighted by Gasteiger charge is -2.04. The van der Waals surface area contributed by atoms with Gasteiger partial charge in [0.1, 0.15) is 5.75 Å². The number of aromatic nitrogens is 3. The third-order valence-electron chi connectivity index (χ3n) is 2.42. The average molecular weight is 309 g/mol. The van der Waals surface area contributed by atoms with Crippen LogP contribution in [0, 0.1) is 6.92 Å². The fourth-order valence-electron chi connectivity index (χ4n) is 1.57. The zero-order chi connectivity index (χ0) is 15.2. The highest BCUT2D eigenvalue weighted by molar-refractivity contribution is 7.98. The highest BCUT2D eigenvalue weighted by Gasteiger charge is 2.16. The van der Waals surface area contributed by atoms with Crippen LogP contribution in [0.4, 0.5) is 0 Å². The maximum Gasteiger partial charge on any atom is 0.396 e. The molecule has 7 nitrogen and oxygen atoms in total. The fourth-order valence-corrected chi connectivity index (χ4v) is 2.23. The Kier molecular flexibility index (Phi) is 5.15. The molecule has 0 unspecified atom stereocenters. The van der Waals surface area contributed by atoms with Crippen LogP contribution in [0.5, 0.6) is 5.75 Å². The van der Waals surface area contributed by atoms with E-state index < -0.39 is 5.97 Å². The van der Waals surface area contributed by atoms with E-state index in [1.165, 1.54) is 11.8 Å². The monoisotopic (exact) mass is 309 g/mol. The quantitative estimate of drug-likeness (QED) is 0.593. The van der Waals surface area contributed by atoms with Gasteiger partial charge in [0.05, 0.1) is 19.4 Å². The van der Waals surface area contributed by atoms with Crippen LogP contribution >= 0.6 is 11.8 Å². The Balaban J connectivity index is 2.00. The zero-order valence-electron chi connectivity index (χ0n) is 12.0. The molecule has 2 aromatic heterocycles. The summed E-state index contributed by atoms with van der Waals surface area (Å²) >= 11 is 1.29. The summed E-state index contributed by atoms with van der Waals surface area (Å²) in [7, 11) is 1.61. The standard InChI is InChI=1S/C13H15N3O4S/c1-4-19-12(17)11-15-16-13(20-11)21-7-9-6-10(18-3)5-8(2)14-9/h5-6H,4,7H2,1-3H3. The van der Waals surface area contributed by atoms with Crippen molar-refractivity contribution in [3.63, 3.8) is 0 Å². The number of ether oxygens (including phenoxy) is 2. The van der Waals surface area contributed by atoms with E-state index in [4.69, 9.17) is 13.9 Å². The molecule has 0 bridgehead atoms. The molecule has 0 aromatic carbocycles. The molecule has 21 heavy (non-hydrogen) atoms. The van der Waals surface area contributed by atoms with Gasteiger partial charge in [0.15, 0.2) is 0 Å². The summed E-state index contributed by atoms with van der Waals surface area (Å²) in [6, 6.07) is 3.68. The van der Waals surface area contributed by atoms with Crippen molar-refractivity contribution in [1.29, 1.82) is 0 Å². The number of hydrogen-bond donors (Lipinski definition) is 0. The lowest BCUT2D eigenvalue weighted by atomic mass is 10.3. The van der Waals surface area contributed by atoms with Gasteiger partial charge in [-0.1, -0.05) is 16.9 Å². The van der Waals surface area contributed by atoms with Gasteiger partial charge in [-0.25, -0.2) is 4.79 Å². The smallest absolute Gasteiger partial charge is 0.396 e. The maximum atomic E-state index is 11.4. The Morgan fingerprint density at radius 1 is 1.38 bits per heavy atom. The molecule has 0 spiro atoms. The number of aryl methyl sites for hydroxylation is 1. The lowest BCUT2D eigenvalue weighted by molar-refractivity contribution is 0.0475. The molecule has 0 aliphatic heterocycles. The SMILES string of the molecule is CCOC(=O)c1nnc(SCc2cc(OC)cc(C)n2)o1. The topological polar surface area (TPSA) is 87.3 Å². The molecule has 0 fully saturated rings. The van der Waals surface area contributed by atoms with Crippen LogP contribution in [-0.2, 0) is 10.5 Å². The molecule has 2 heterocycles. The van der Waals surface area contributed by atoms with Gasteiger partial charge >= 0.3 is 11.9 Å². The van der Waals surface area contributed by atoms with Gasteiger partial charge in [0.2, 0.25) is 0 Å². The van der Waals surface area contributed by atoms with Crippen LogP contribution in [0.25, 0.3) is 0 Å². The molecule has 0 saturated carbocycles. The normalized spacial score (nSPS) is 10.4. The van der Waals surface area contributed by atoms with Crippen molar-refractivity contribution >= 4 is 17.7 Å². The Morgan fingerprint density at radius 3 is 2.90 bits per heavy atom. The Hall–Kier alpha value is -2.09. The number of carbonyl (C=O) groups excluding carboxylic acids is 1. The number of carbonyl (C=O) groups is 1. The summed E-state index contributed by atoms with van der Waals surface area (Å²) in [6.07, 6.45) is 0. The van der Waals surface area contributed by atoms with E-state index in [-0.39, 0.29) is 12.5 Å². The molecular formula is C13H15N3O4S. The number of esters is 1. The number of nitrogens with zero attached hydrogens (tertiary/aromatic N) is 3. The summed E-state index contributed by atoms with van der Waals surface area (Å²) in [6.45, 7) is 3.86. The molecule has 0 saturated heterocycles. The summed E-state index contributed by atoms with van der Waals surface area (Å²) in [5.41, 5.74) is 1.69. The molecule has 2 rings (SSSR count). The molecule has 8 heteroatoms. The summed E-state index contributed by atoms with van der Waals surface area (Å²) in [5, 5.41) is 7.72. The first kappa shape index (κ1) is 15.3. The van der Waals surface area contributed by atoms with Crippen LogP contribution in [0.2, 0.25) is 0 Å². The van der Waals surface area contributed by atoms with E-state index in [2.05, 4.69) is 15.2 Å². The van der Waals surface area contributed by atoms with Gasteiger partial charge in [-0.05, 0) is 13.8 Å². The maximum absolute atomic E-state index is 11.4. The highest BCUT2D eigenvalue weighted by atomic mass is 32.2. The van der Waals surface area contributed by atoms with Gasteiger partial charge < -0.3 is 13.9 Å². The summed E-state index contributed by atoms with van der Waals surface area (Å²) < 4.78 is 15.2. The van der Waals surface area contributed by atoms with Crippen molar-refractivity contribution in [2.45, 2.75) is 24.8 Å². The molecule has 2 aromatic rings. The Labute approximate surface area is 126 Å². The van der Waals surface area contributed by atoms with Crippen molar-refractivity contribution in [2.24, 2.45) is 0 Å². The molecule has 0 N–H and O–H groups in total. The first-order chi connectivity index (χ1) is 10.1. The van der Waals surface area contributed by atoms with Gasteiger partial charge in [0.25, 0.3) is 5.22 Å². The van der Waals surface area contributed by atoms with E-state index in [1.54, 1.807) is 14.0 Å². The van der Waals surface area contributed by atoms with Crippen LogP contribution in [0.1, 0.15) is 29.0 Å². The third kappa shape index (κ3) is 4.19. The molecule has 112 valence electrons. The number of thioether (sulfide) groups is 1. The van der Waals surface area contributed by atoms with E-state index in [0.717, 1.165) is 17.1 Å². The molecular weight excluding hydrogens is 294 g/mol.